The van der Waals surface area contributed by atoms with E-state index >= 15 is 0 Å². The zero-order valence-corrected chi connectivity index (χ0v) is 16.0. The highest BCUT2D eigenvalue weighted by atomic mass is 35.5. The number of nitrogens with zero attached hydrogens (tertiary/aromatic N) is 5. The molecule has 1 unspecified atom stereocenters. The summed E-state index contributed by atoms with van der Waals surface area (Å²) >= 11 is 5.71. The number of carbonyl (C=O) groups excluding carboxylic acids is 1. The lowest BCUT2D eigenvalue weighted by atomic mass is 10.2. The molecule has 1 N–H and O–H groups in total. The van der Waals surface area contributed by atoms with Crippen LogP contribution in [0.1, 0.15) is 29.9 Å². The highest BCUT2D eigenvalue weighted by Crippen LogP contribution is 2.36. The second-order valence-corrected chi connectivity index (χ2v) is 6.63. The number of alkyl halides is 3. The summed E-state index contributed by atoms with van der Waals surface area (Å²) in [6, 6.07) is 4.81. The van der Waals surface area contributed by atoms with Crippen molar-refractivity contribution in [2.75, 3.05) is 5.32 Å². The normalized spacial score (nSPS) is 12.8. The first-order valence-corrected chi connectivity index (χ1v) is 8.70. The van der Waals surface area contributed by atoms with Gasteiger partial charge in [0.1, 0.15) is 18.2 Å². The van der Waals surface area contributed by atoms with E-state index in [0.29, 0.717) is 5.56 Å². The molecule has 12 heteroatoms. The summed E-state index contributed by atoms with van der Waals surface area (Å²) in [4.78, 5) is 16.3. The van der Waals surface area contributed by atoms with Crippen molar-refractivity contribution in [1.82, 2.24) is 24.5 Å². The second kappa shape index (κ2) is 7.82. The van der Waals surface area contributed by atoms with Crippen LogP contribution in [0.5, 0.6) is 0 Å². The van der Waals surface area contributed by atoms with Crippen LogP contribution < -0.4 is 5.32 Å². The number of anilines is 1. The summed E-state index contributed by atoms with van der Waals surface area (Å²) in [5.41, 5.74) is -0.609. The fourth-order valence-corrected chi connectivity index (χ4v) is 2.86. The zero-order valence-electron chi connectivity index (χ0n) is 15.2. The summed E-state index contributed by atoms with van der Waals surface area (Å²) in [7, 11) is 0. The largest absolute Gasteiger partial charge is 0.436 e. The molecule has 0 aliphatic rings. The van der Waals surface area contributed by atoms with Gasteiger partial charge in [0.25, 0.3) is 5.91 Å². The van der Waals surface area contributed by atoms with E-state index < -0.39 is 34.7 Å². The number of aromatic nitrogens is 5. The predicted molar refractivity (Wildman–Crippen MR) is 95.8 cm³/mol. The topological polar surface area (TPSA) is 77.6 Å². The smallest absolute Gasteiger partial charge is 0.291 e. The monoisotopic (exact) mass is 430 g/mol. The van der Waals surface area contributed by atoms with Crippen molar-refractivity contribution >= 4 is 23.5 Å². The molecule has 2 aromatic heterocycles. The summed E-state index contributed by atoms with van der Waals surface area (Å²) in [5, 5.41) is 9.33. The van der Waals surface area contributed by atoms with Crippen molar-refractivity contribution in [3.05, 3.63) is 58.4 Å². The van der Waals surface area contributed by atoms with Crippen molar-refractivity contribution in [3.8, 4) is 0 Å². The third-order valence-electron chi connectivity index (χ3n) is 4.10. The first-order valence-electron chi connectivity index (χ1n) is 8.33. The molecule has 0 fully saturated rings. The van der Waals surface area contributed by atoms with Gasteiger partial charge in [-0.25, -0.2) is 14.1 Å². The van der Waals surface area contributed by atoms with Crippen LogP contribution in [-0.4, -0.2) is 30.5 Å². The maximum Gasteiger partial charge on any atom is 0.436 e. The molecule has 29 heavy (non-hydrogen) atoms. The van der Waals surface area contributed by atoms with Crippen LogP contribution >= 0.6 is 11.6 Å². The Morgan fingerprint density at radius 2 is 2.03 bits per heavy atom. The number of halogens is 5. The average Bonchev–Trinajstić information content (AvgIpc) is 3.19. The molecule has 154 valence electrons. The molecule has 2 heterocycles. The molecule has 0 aliphatic heterocycles. The van der Waals surface area contributed by atoms with Gasteiger partial charge in [-0.15, -0.1) is 5.10 Å². The number of benzene rings is 1. The molecule has 0 bridgehead atoms. The number of nitrogens with one attached hydrogen (secondary N) is 1. The van der Waals surface area contributed by atoms with E-state index in [9.17, 15) is 22.4 Å². The van der Waals surface area contributed by atoms with Crippen molar-refractivity contribution in [2.45, 2.75) is 32.6 Å². The maximum absolute atomic E-state index is 13.2. The lowest BCUT2D eigenvalue weighted by Crippen LogP contribution is -2.26. The predicted octanol–water partition coefficient (Wildman–Crippen LogP) is 3.84. The Kier molecular flexibility index (Phi) is 5.60. The fraction of sp³-hybridized carbons (Fsp3) is 0.294. The third-order valence-corrected chi connectivity index (χ3v) is 4.55. The van der Waals surface area contributed by atoms with Crippen LogP contribution in [0.3, 0.4) is 0 Å². The molecule has 1 aromatic carbocycles. The standard InChI is InChI=1S/C17H15ClF4N6O/c1-9-13(18)14(17(20,21)22)25-28(9)10(2)15(29)24-16-23-8-27(26-16)7-11-4-3-5-12(19)6-11/h3-6,8,10H,7H2,1-2H3,(H,24,26,29). The lowest BCUT2D eigenvalue weighted by molar-refractivity contribution is -0.141. The molecule has 0 saturated carbocycles. The van der Waals surface area contributed by atoms with Gasteiger partial charge in [0, 0.05) is 0 Å². The van der Waals surface area contributed by atoms with Gasteiger partial charge in [-0.1, -0.05) is 23.7 Å². The molecule has 7 nitrogen and oxygen atoms in total. The van der Waals surface area contributed by atoms with Crippen LogP contribution in [0.2, 0.25) is 5.02 Å². The van der Waals surface area contributed by atoms with Gasteiger partial charge in [0.2, 0.25) is 5.95 Å². The Balaban J connectivity index is 1.72. The third kappa shape index (κ3) is 4.56. The molecule has 1 atom stereocenters. The van der Waals surface area contributed by atoms with Crippen molar-refractivity contribution in [1.29, 1.82) is 0 Å². The molecule has 0 aliphatic carbocycles. The van der Waals surface area contributed by atoms with Crippen molar-refractivity contribution < 1.29 is 22.4 Å². The maximum atomic E-state index is 13.2. The van der Waals surface area contributed by atoms with E-state index in [4.69, 9.17) is 11.6 Å². The van der Waals surface area contributed by atoms with Crippen LogP contribution in [0.4, 0.5) is 23.5 Å². The van der Waals surface area contributed by atoms with Gasteiger partial charge < -0.3 is 0 Å². The molecule has 0 saturated heterocycles. The molecule has 0 radical (unpaired) electrons. The van der Waals surface area contributed by atoms with Gasteiger partial charge in [-0.05, 0) is 31.5 Å². The van der Waals surface area contributed by atoms with Gasteiger partial charge in [-0.3, -0.25) is 14.8 Å². The van der Waals surface area contributed by atoms with Gasteiger partial charge >= 0.3 is 6.18 Å². The quantitative estimate of drug-likeness (QED) is 0.624. The van der Waals surface area contributed by atoms with E-state index in [0.717, 1.165) is 4.68 Å². The van der Waals surface area contributed by atoms with Crippen LogP contribution in [0.15, 0.2) is 30.6 Å². The zero-order chi connectivity index (χ0) is 21.3. The summed E-state index contributed by atoms with van der Waals surface area (Å²) in [6.45, 7) is 2.93. The number of hydrogen-bond donors (Lipinski definition) is 1. The highest BCUT2D eigenvalue weighted by molar-refractivity contribution is 6.32. The van der Waals surface area contributed by atoms with Gasteiger partial charge in [0.15, 0.2) is 5.69 Å². The number of rotatable bonds is 5. The van der Waals surface area contributed by atoms with Crippen LogP contribution in [-0.2, 0) is 17.5 Å². The van der Waals surface area contributed by atoms with E-state index in [-0.39, 0.29) is 18.2 Å². The molecule has 0 spiro atoms. The minimum absolute atomic E-state index is 0.00577. The average molecular weight is 431 g/mol. The van der Waals surface area contributed by atoms with Gasteiger partial charge in [0.05, 0.1) is 17.3 Å². The Morgan fingerprint density at radius 3 is 2.66 bits per heavy atom. The molecule has 3 aromatic rings. The minimum atomic E-state index is -4.74. The highest BCUT2D eigenvalue weighted by Gasteiger charge is 2.39. The molecular weight excluding hydrogens is 416 g/mol. The summed E-state index contributed by atoms with van der Waals surface area (Å²) in [5.74, 6) is -1.12. The molecule has 1 amide bonds. The molecule has 3 rings (SSSR count). The lowest BCUT2D eigenvalue weighted by Gasteiger charge is -2.13. The fourth-order valence-electron chi connectivity index (χ4n) is 2.63. The van der Waals surface area contributed by atoms with E-state index in [1.807, 2.05) is 0 Å². The van der Waals surface area contributed by atoms with Crippen molar-refractivity contribution in [3.63, 3.8) is 0 Å². The SMILES string of the molecule is Cc1c(Cl)c(C(F)(F)F)nn1C(C)C(=O)Nc1ncn(Cc2cccc(F)c2)n1. The molecular formula is C17H15ClF4N6O. The number of amides is 1. The van der Waals surface area contributed by atoms with E-state index in [1.54, 1.807) is 12.1 Å². The number of carbonyl (C=O) groups is 1. The Bertz CT molecular complexity index is 1040. The van der Waals surface area contributed by atoms with Crippen LogP contribution in [0, 0.1) is 12.7 Å². The summed E-state index contributed by atoms with van der Waals surface area (Å²) < 4.78 is 54.4. The van der Waals surface area contributed by atoms with Gasteiger partial charge in [-0.2, -0.15) is 18.3 Å². The second-order valence-electron chi connectivity index (χ2n) is 6.25. The van der Waals surface area contributed by atoms with E-state index in [2.05, 4.69) is 20.5 Å². The minimum Gasteiger partial charge on any atom is -0.291 e. The van der Waals surface area contributed by atoms with E-state index in [1.165, 1.54) is 37.0 Å². The van der Waals surface area contributed by atoms with Crippen molar-refractivity contribution in [2.24, 2.45) is 0 Å². The summed E-state index contributed by atoms with van der Waals surface area (Å²) in [6.07, 6.45) is -3.40. The Morgan fingerprint density at radius 1 is 1.31 bits per heavy atom. The Hall–Kier alpha value is -2.95. The first-order chi connectivity index (χ1) is 13.6. The first kappa shape index (κ1) is 20.8. The van der Waals surface area contributed by atoms with Crippen LogP contribution in [0.25, 0.3) is 0 Å². The Labute approximate surface area is 167 Å². The number of hydrogen-bond acceptors (Lipinski definition) is 4.